The second-order valence-electron chi connectivity index (χ2n) is 5.18. The minimum Gasteiger partial charge on any atom is -0.305 e. The van der Waals surface area contributed by atoms with Crippen molar-refractivity contribution in [1.29, 1.82) is 0 Å². The second-order valence-corrected chi connectivity index (χ2v) is 6.64. The minimum atomic E-state index is 0.279. The molecule has 3 nitrogen and oxygen atoms in total. The molecule has 0 aromatic carbocycles. The number of rotatable bonds is 3. The largest absolute Gasteiger partial charge is 0.305 e. The molecule has 0 unspecified atom stereocenters. The first kappa shape index (κ1) is 13.7. The van der Waals surface area contributed by atoms with Gasteiger partial charge in [0.1, 0.15) is 0 Å². The van der Waals surface area contributed by atoms with Crippen molar-refractivity contribution in [2.24, 2.45) is 0 Å². The summed E-state index contributed by atoms with van der Waals surface area (Å²) < 4.78 is 0. The first-order valence-corrected chi connectivity index (χ1v) is 7.39. The molecule has 0 saturated carbocycles. The van der Waals surface area contributed by atoms with Gasteiger partial charge in [0.2, 0.25) is 0 Å². The number of Topliss-reactive ketones (excluding diaryl/α,β-unsaturated/α-hetero) is 1. The number of carbonyl (C=O) groups excluding carboxylic acids is 1. The van der Waals surface area contributed by atoms with E-state index in [1.54, 1.807) is 11.3 Å². The molecule has 0 atom stereocenters. The van der Waals surface area contributed by atoms with Crippen LogP contribution >= 0.6 is 11.3 Å². The normalized spacial score (nSPS) is 18.8. The van der Waals surface area contributed by atoms with Crippen molar-refractivity contribution in [3.63, 3.8) is 0 Å². The van der Waals surface area contributed by atoms with E-state index >= 15 is 0 Å². The molecule has 0 aliphatic carbocycles. The number of carbonyl (C=O) groups is 1. The third kappa shape index (κ3) is 3.40. The third-order valence-corrected chi connectivity index (χ3v) is 4.49. The van der Waals surface area contributed by atoms with Crippen molar-refractivity contribution in [1.82, 2.24) is 9.80 Å². The molecule has 18 heavy (non-hydrogen) atoms. The summed E-state index contributed by atoms with van der Waals surface area (Å²) in [6.45, 7) is 8.93. The maximum atomic E-state index is 12.3. The van der Waals surface area contributed by atoms with Crippen LogP contribution in [0.1, 0.15) is 26.5 Å². The SMILES string of the molecule is Cc1cc(C(=O)CN2CCCN(C)CC2)c(C)s1. The van der Waals surface area contributed by atoms with Gasteiger partial charge in [0.25, 0.3) is 0 Å². The number of nitrogens with zero attached hydrogens (tertiary/aromatic N) is 2. The molecule has 1 aromatic rings. The Morgan fingerprint density at radius 3 is 2.72 bits per heavy atom. The molecule has 100 valence electrons. The Hall–Kier alpha value is -0.710. The molecule has 0 spiro atoms. The Morgan fingerprint density at radius 2 is 2.06 bits per heavy atom. The number of likely N-dealkylation sites (N-methyl/N-ethyl adjacent to an activating group) is 1. The maximum absolute atomic E-state index is 12.3. The molecule has 1 aromatic heterocycles. The number of aryl methyl sites for hydroxylation is 2. The van der Waals surface area contributed by atoms with Gasteiger partial charge in [-0.15, -0.1) is 11.3 Å². The molecule has 4 heteroatoms. The first-order valence-electron chi connectivity index (χ1n) is 6.57. The number of thiophene rings is 1. The van der Waals surface area contributed by atoms with E-state index in [1.165, 1.54) is 4.88 Å². The smallest absolute Gasteiger partial charge is 0.177 e. The zero-order valence-electron chi connectivity index (χ0n) is 11.5. The fourth-order valence-corrected chi connectivity index (χ4v) is 3.40. The molecular formula is C14H22N2OS. The van der Waals surface area contributed by atoms with E-state index in [0.29, 0.717) is 6.54 Å². The Morgan fingerprint density at radius 1 is 1.28 bits per heavy atom. The van der Waals surface area contributed by atoms with Crippen LogP contribution in [0.4, 0.5) is 0 Å². The Bertz CT molecular complexity index is 427. The lowest BCUT2D eigenvalue weighted by Crippen LogP contribution is -2.33. The van der Waals surface area contributed by atoms with Gasteiger partial charge in [-0.3, -0.25) is 9.69 Å². The zero-order valence-corrected chi connectivity index (χ0v) is 12.3. The van der Waals surface area contributed by atoms with E-state index < -0.39 is 0 Å². The highest BCUT2D eigenvalue weighted by Crippen LogP contribution is 2.21. The lowest BCUT2D eigenvalue weighted by Gasteiger charge is -2.19. The molecule has 1 saturated heterocycles. The van der Waals surface area contributed by atoms with E-state index in [2.05, 4.69) is 23.8 Å². The number of hydrogen-bond donors (Lipinski definition) is 0. The highest BCUT2D eigenvalue weighted by molar-refractivity contribution is 7.12. The van der Waals surface area contributed by atoms with Crippen molar-refractivity contribution < 1.29 is 4.79 Å². The standard InChI is InChI=1S/C14H22N2OS/c1-11-9-13(12(2)18-11)14(17)10-16-6-4-5-15(3)7-8-16/h9H,4-8,10H2,1-3H3. The average Bonchev–Trinajstić information content (AvgIpc) is 2.51. The van der Waals surface area contributed by atoms with E-state index in [-0.39, 0.29) is 5.78 Å². The molecular weight excluding hydrogens is 244 g/mol. The molecule has 1 fully saturated rings. The predicted octanol–water partition coefficient (Wildman–Crippen LogP) is 2.19. The Kier molecular flexibility index (Phi) is 4.54. The summed E-state index contributed by atoms with van der Waals surface area (Å²) in [6, 6.07) is 2.03. The van der Waals surface area contributed by atoms with Crippen LogP contribution < -0.4 is 0 Å². The summed E-state index contributed by atoms with van der Waals surface area (Å²) in [5.41, 5.74) is 0.926. The lowest BCUT2D eigenvalue weighted by molar-refractivity contribution is 0.0933. The fourth-order valence-electron chi connectivity index (χ4n) is 2.45. The van der Waals surface area contributed by atoms with Crippen molar-refractivity contribution >= 4 is 17.1 Å². The molecule has 0 radical (unpaired) electrons. The zero-order chi connectivity index (χ0) is 13.1. The summed E-state index contributed by atoms with van der Waals surface area (Å²) in [7, 11) is 2.15. The Labute approximate surface area is 113 Å². The first-order chi connectivity index (χ1) is 8.56. The summed E-state index contributed by atoms with van der Waals surface area (Å²) in [6.07, 6.45) is 1.16. The van der Waals surface area contributed by atoms with Crippen molar-refractivity contribution in [2.75, 3.05) is 39.8 Å². The topological polar surface area (TPSA) is 23.6 Å². The van der Waals surface area contributed by atoms with Crippen LogP contribution in [0.3, 0.4) is 0 Å². The van der Waals surface area contributed by atoms with Crippen molar-refractivity contribution in [2.45, 2.75) is 20.3 Å². The Balaban J connectivity index is 1.96. The summed E-state index contributed by atoms with van der Waals surface area (Å²) in [5.74, 6) is 0.279. The van der Waals surface area contributed by atoms with Crippen LogP contribution in [0.15, 0.2) is 6.07 Å². The van der Waals surface area contributed by atoms with Gasteiger partial charge >= 0.3 is 0 Å². The summed E-state index contributed by atoms with van der Waals surface area (Å²) >= 11 is 1.72. The molecule has 0 bridgehead atoms. The number of hydrogen-bond acceptors (Lipinski definition) is 4. The van der Waals surface area contributed by atoms with E-state index in [4.69, 9.17) is 0 Å². The molecule has 2 heterocycles. The van der Waals surface area contributed by atoms with E-state index in [1.807, 2.05) is 13.0 Å². The lowest BCUT2D eigenvalue weighted by atomic mass is 10.1. The summed E-state index contributed by atoms with van der Waals surface area (Å²) in [5, 5.41) is 0. The number of ketones is 1. The van der Waals surface area contributed by atoms with Crippen molar-refractivity contribution in [3.05, 3.63) is 21.4 Å². The van der Waals surface area contributed by atoms with Gasteiger partial charge in [-0.05, 0) is 46.5 Å². The molecule has 1 aliphatic rings. The second kappa shape index (κ2) is 5.95. The van der Waals surface area contributed by atoms with E-state index in [9.17, 15) is 4.79 Å². The molecule has 2 rings (SSSR count). The van der Waals surface area contributed by atoms with Crippen LogP contribution in [-0.4, -0.2) is 55.4 Å². The minimum absolute atomic E-state index is 0.279. The molecule has 0 amide bonds. The maximum Gasteiger partial charge on any atom is 0.177 e. The van der Waals surface area contributed by atoms with Gasteiger partial charge in [-0.2, -0.15) is 0 Å². The highest BCUT2D eigenvalue weighted by Gasteiger charge is 2.18. The van der Waals surface area contributed by atoms with E-state index in [0.717, 1.165) is 43.0 Å². The quantitative estimate of drug-likeness (QED) is 0.784. The third-order valence-electron chi connectivity index (χ3n) is 3.52. The highest BCUT2D eigenvalue weighted by atomic mass is 32.1. The van der Waals surface area contributed by atoms with Gasteiger partial charge < -0.3 is 4.90 Å². The van der Waals surface area contributed by atoms with Gasteiger partial charge in [-0.1, -0.05) is 0 Å². The average molecular weight is 266 g/mol. The molecule has 1 aliphatic heterocycles. The van der Waals surface area contributed by atoms with Gasteiger partial charge in [0.15, 0.2) is 5.78 Å². The monoisotopic (exact) mass is 266 g/mol. The van der Waals surface area contributed by atoms with Crippen LogP contribution in [0.2, 0.25) is 0 Å². The van der Waals surface area contributed by atoms with Crippen LogP contribution in [-0.2, 0) is 0 Å². The van der Waals surface area contributed by atoms with Crippen LogP contribution in [0.5, 0.6) is 0 Å². The van der Waals surface area contributed by atoms with Crippen LogP contribution in [0.25, 0.3) is 0 Å². The van der Waals surface area contributed by atoms with Gasteiger partial charge in [0.05, 0.1) is 6.54 Å². The summed E-state index contributed by atoms with van der Waals surface area (Å²) in [4.78, 5) is 19.3. The van der Waals surface area contributed by atoms with Crippen molar-refractivity contribution in [3.8, 4) is 0 Å². The predicted molar refractivity (Wildman–Crippen MR) is 76.7 cm³/mol. The fraction of sp³-hybridized carbons (Fsp3) is 0.643. The molecule has 0 N–H and O–H groups in total. The van der Waals surface area contributed by atoms with Crippen LogP contribution in [0, 0.1) is 13.8 Å². The van der Waals surface area contributed by atoms with Gasteiger partial charge in [0, 0.05) is 28.4 Å². The van der Waals surface area contributed by atoms with Gasteiger partial charge in [-0.25, -0.2) is 0 Å².